The number of aliphatic hydroxyl groups is 12. The smallest absolute Gasteiger partial charge is 0.187 e. The molecule has 4 saturated heterocycles. The minimum Gasteiger partial charge on any atom is -0.394 e. The molecule has 378 valence electrons. The fourth-order valence-electron chi connectivity index (χ4n) is 13.8. The Bertz CT molecular complexity index is 1720. The summed E-state index contributed by atoms with van der Waals surface area (Å²) in [5, 5.41) is 126. The highest BCUT2D eigenvalue weighted by atomic mass is 16.7. The zero-order valence-corrected chi connectivity index (χ0v) is 38.2. The van der Waals surface area contributed by atoms with Gasteiger partial charge in [-0.2, -0.15) is 0 Å². The van der Waals surface area contributed by atoms with Gasteiger partial charge in [-0.15, -0.1) is 0 Å². The molecule has 0 amide bonds. The number of hydrogen-bond acceptors (Lipinski definition) is 20. The first kappa shape index (κ1) is 51.0. The minimum atomic E-state index is -1.77. The van der Waals surface area contributed by atoms with E-state index < -0.39 is 130 Å². The summed E-state index contributed by atoms with van der Waals surface area (Å²) in [5.74, 6) is -0.597. The molecule has 0 aromatic heterocycles. The Hall–Kier alpha value is -1.32. The second kappa shape index (κ2) is 19.7. The maximum absolute atomic E-state index is 12.3. The lowest BCUT2D eigenvalue weighted by Gasteiger charge is -2.59. The van der Waals surface area contributed by atoms with E-state index in [9.17, 15) is 61.3 Å². The molecule has 12 N–H and O–H groups in total. The number of fused-ring (bicyclic) bond motifs is 7. The molecule has 7 fully saturated rings. The van der Waals surface area contributed by atoms with Crippen LogP contribution in [0.1, 0.15) is 72.1 Å². The first-order chi connectivity index (χ1) is 31.3. The van der Waals surface area contributed by atoms with E-state index in [0.29, 0.717) is 31.3 Å². The first-order valence-corrected chi connectivity index (χ1v) is 23.7. The normalized spacial score (nSPS) is 53.6. The quantitative estimate of drug-likeness (QED) is 0.0814. The van der Waals surface area contributed by atoms with Gasteiger partial charge in [0, 0.05) is 25.4 Å². The Kier molecular flexibility index (Phi) is 15.2. The van der Waals surface area contributed by atoms with Crippen LogP contribution in [0.5, 0.6) is 0 Å². The van der Waals surface area contributed by atoms with Gasteiger partial charge in [-0.25, -0.2) is 0 Å². The van der Waals surface area contributed by atoms with Crippen LogP contribution in [0, 0.1) is 40.4 Å². The van der Waals surface area contributed by atoms with Gasteiger partial charge >= 0.3 is 0 Å². The minimum absolute atomic E-state index is 0.0153. The van der Waals surface area contributed by atoms with Crippen molar-refractivity contribution >= 4 is 0 Å². The number of hydrogen-bond donors (Lipinski definition) is 12. The summed E-state index contributed by atoms with van der Waals surface area (Å²) in [6.45, 7) is 8.96. The van der Waals surface area contributed by atoms with Crippen molar-refractivity contribution in [2.45, 2.75) is 188 Å². The molecule has 20 nitrogen and oxygen atoms in total. The van der Waals surface area contributed by atoms with Crippen LogP contribution < -0.4 is 0 Å². The largest absolute Gasteiger partial charge is 0.394 e. The van der Waals surface area contributed by atoms with Crippen molar-refractivity contribution in [2.75, 3.05) is 33.5 Å². The van der Waals surface area contributed by atoms with E-state index in [4.69, 9.17) is 37.9 Å². The van der Waals surface area contributed by atoms with Crippen molar-refractivity contribution < 1.29 is 99.2 Å². The average Bonchev–Trinajstić information content (AvgIpc) is 3.73. The van der Waals surface area contributed by atoms with Gasteiger partial charge < -0.3 is 99.2 Å². The van der Waals surface area contributed by atoms with Crippen molar-refractivity contribution in [1.82, 2.24) is 0 Å². The summed E-state index contributed by atoms with van der Waals surface area (Å²) >= 11 is 0. The SMILES string of the molecule is C=C(CCC1(OC)OC2C(O)C3C4CC=C5CC(OC6OC(CO)C(OC7OC(CO)C(O)C(O)C7O)C(O)C6O)CCC5(C)C4CCC3(C)C2C1C)COC1OC(CO)C(O)C(O)C1O. The monoisotopic (exact) mass is 946 g/mol. The second-order valence-electron chi connectivity index (χ2n) is 20.9. The van der Waals surface area contributed by atoms with Crippen LogP contribution in [0.3, 0.4) is 0 Å². The Morgan fingerprint density at radius 2 is 1.30 bits per heavy atom. The van der Waals surface area contributed by atoms with Gasteiger partial charge in [-0.1, -0.05) is 44.6 Å². The van der Waals surface area contributed by atoms with E-state index in [1.165, 1.54) is 5.57 Å². The van der Waals surface area contributed by atoms with E-state index in [1.807, 2.05) is 0 Å². The summed E-state index contributed by atoms with van der Waals surface area (Å²) in [4.78, 5) is 0. The summed E-state index contributed by atoms with van der Waals surface area (Å²) in [6, 6.07) is 0. The highest BCUT2D eigenvalue weighted by molar-refractivity contribution is 5.27. The van der Waals surface area contributed by atoms with Gasteiger partial charge in [0.1, 0.15) is 73.2 Å². The predicted octanol–water partition coefficient (Wildman–Crippen LogP) is -2.31. The van der Waals surface area contributed by atoms with Crippen LogP contribution >= 0.6 is 0 Å². The van der Waals surface area contributed by atoms with Crippen LogP contribution in [0.2, 0.25) is 0 Å². The van der Waals surface area contributed by atoms with Crippen molar-refractivity contribution in [3.8, 4) is 0 Å². The van der Waals surface area contributed by atoms with Crippen LogP contribution in [-0.4, -0.2) is 211 Å². The molecule has 66 heavy (non-hydrogen) atoms. The molecule has 0 spiro atoms. The van der Waals surface area contributed by atoms with E-state index in [0.717, 1.165) is 25.7 Å². The molecule has 4 aliphatic heterocycles. The molecule has 4 aliphatic carbocycles. The van der Waals surface area contributed by atoms with Gasteiger partial charge in [-0.3, -0.25) is 0 Å². The van der Waals surface area contributed by atoms with Gasteiger partial charge in [0.15, 0.2) is 24.7 Å². The average molecular weight is 947 g/mol. The van der Waals surface area contributed by atoms with Crippen LogP contribution in [0.15, 0.2) is 23.8 Å². The van der Waals surface area contributed by atoms with Gasteiger partial charge in [0.2, 0.25) is 0 Å². The number of aliphatic hydroxyl groups excluding tert-OH is 12. The lowest BCUT2D eigenvalue weighted by atomic mass is 9.46. The lowest BCUT2D eigenvalue weighted by molar-refractivity contribution is -0.363. The van der Waals surface area contributed by atoms with E-state index in [1.54, 1.807) is 7.11 Å². The van der Waals surface area contributed by atoms with Gasteiger partial charge in [0.05, 0.1) is 44.7 Å². The van der Waals surface area contributed by atoms with Crippen molar-refractivity contribution in [3.63, 3.8) is 0 Å². The van der Waals surface area contributed by atoms with E-state index in [-0.39, 0.29) is 53.1 Å². The topological polar surface area (TPSA) is 317 Å². The third-order valence-electron chi connectivity index (χ3n) is 17.5. The summed E-state index contributed by atoms with van der Waals surface area (Å²) in [5.41, 5.74) is 1.48. The molecular weight excluding hydrogens is 872 g/mol. The summed E-state index contributed by atoms with van der Waals surface area (Å²) in [6.07, 6.45) is -16.1. The molecular formula is C46H74O20. The molecule has 26 atom stereocenters. The number of allylic oxidation sites excluding steroid dienone is 1. The van der Waals surface area contributed by atoms with Crippen LogP contribution in [-0.2, 0) is 37.9 Å². The van der Waals surface area contributed by atoms with E-state index in [2.05, 4.69) is 33.4 Å². The van der Waals surface area contributed by atoms with E-state index >= 15 is 0 Å². The van der Waals surface area contributed by atoms with Crippen LogP contribution in [0.25, 0.3) is 0 Å². The zero-order chi connectivity index (χ0) is 47.8. The maximum atomic E-state index is 12.3. The van der Waals surface area contributed by atoms with Crippen molar-refractivity contribution in [2.24, 2.45) is 40.4 Å². The number of methoxy groups -OCH3 is 1. The third-order valence-corrected chi connectivity index (χ3v) is 17.5. The standard InChI is InChI=1S/C46H74O20/c1-19(18-60-41-36(56)33(53)30(50)25(15-47)62-41)8-13-46(59-5)20(2)28-40(66-46)32(52)29-23-7-6-21-14-22(9-11-44(21,3)24(23)10-12-45(28,29)4)61-42-38(58)35(55)39(27(17-49)64-42)65-43-37(57)34(54)31(51)26(16-48)63-43/h6,20,22-43,47-58H,1,7-18H2,2-5H3. The maximum Gasteiger partial charge on any atom is 0.187 e. The first-order valence-electron chi connectivity index (χ1n) is 23.7. The Balaban J connectivity index is 0.880. The predicted molar refractivity (Wildman–Crippen MR) is 225 cm³/mol. The lowest BCUT2D eigenvalue weighted by Crippen LogP contribution is -2.65. The molecule has 0 aromatic rings. The fourth-order valence-corrected chi connectivity index (χ4v) is 13.8. The second-order valence-corrected chi connectivity index (χ2v) is 20.9. The molecule has 3 saturated carbocycles. The third kappa shape index (κ3) is 8.58. The molecule has 0 aromatic carbocycles. The highest BCUT2D eigenvalue weighted by Gasteiger charge is 2.71. The molecule has 4 heterocycles. The Labute approximate surface area is 384 Å². The highest BCUT2D eigenvalue weighted by Crippen LogP contribution is 2.70. The Morgan fingerprint density at radius 1 is 0.712 bits per heavy atom. The molecule has 8 rings (SSSR count). The summed E-state index contributed by atoms with van der Waals surface area (Å²) in [7, 11) is 1.62. The molecule has 8 aliphatic rings. The number of ether oxygens (including phenoxy) is 8. The summed E-state index contributed by atoms with van der Waals surface area (Å²) < 4.78 is 47.7. The van der Waals surface area contributed by atoms with Crippen molar-refractivity contribution in [3.05, 3.63) is 23.8 Å². The fraction of sp³-hybridized carbons (Fsp3) is 0.913. The molecule has 0 radical (unpaired) electrons. The van der Waals surface area contributed by atoms with Gasteiger partial charge in [0.25, 0.3) is 0 Å². The van der Waals surface area contributed by atoms with Gasteiger partial charge in [-0.05, 0) is 73.5 Å². The number of rotatable bonds is 14. The molecule has 0 bridgehead atoms. The molecule has 20 heteroatoms. The zero-order valence-electron chi connectivity index (χ0n) is 38.2. The molecule has 26 unspecified atom stereocenters. The van der Waals surface area contributed by atoms with Crippen molar-refractivity contribution in [1.29, 1.82) is 0 Å². The Morgan fingerprint density at radius 3 is 1.94 bits per heavy atom. The van der Waals surface area contributed by atoms with Crippen LogP contribution in [0.4, 0.5) is 0 Å².